The summed E-state index contributed by atoms with van der Waals surface area (Å²) in [6.07, 6.45) is 0. The molecular formula is C16H17NO. The second-order valence-corrected chi connectivity index (χ2v) is 4.69. The van der Waals surface area contributed by atoms with Crippen molar-refractivity contribution in [1.29, 1.82) is 0 Å². The van der Waals surface area contributed by atoms with Crippen molar-refractivity contribution in [2.75, 3.05) is 0 Å². The van der Waals surface area contributed by atoms with Gasteiger partial charge in [-0.1, -0.05) is 50.2 Å². The van der Waals surface area contributed by atoms with Gasteiger partial charge in [-0.3, -0.25) is 4.79 Å². The Hall–Kier alpha value is -2.09. The first-order chi connectivity index (χ1) is 8.59. The lowest BCUT2D eigenvalue weighted by atomic mass is 9.92. The molecule has 18 heavy (non-hydrogen) atoms. The first-order valence-electron chi connectivity index (χ1n) is 6.08. The van der Waals surface area contributed by atoms with Crippen LogP contribution < -0.4 is 5.73 Å². The zero-order valence-corrected chi connectivity index (χ0v) is 10.7. The van der Waals surface area contributed by atoms with E-state index in [9.17, 15) is 4.79 Å². The number of amides is 1. The maximum absolute atomic E-state index is 11.2. The highest BCUT2D eigenvalue weighted by Crippen LogP contribution is 2.29. The van der Waals surface area contributed by atoms with Gasteiger partial charge in [0.25, 0.3) is 0 Å². The summed E-state index contributed by atoms with van der Waals surface area (Å²) in [5.41, 5.74) is 9.34. The summed E-state index contributed by atoms with van der Waals surface area (Å²) in [5.74, 6) is 0.0531. The van der Waals surface area contributed by atoms with Crippen molar-refractivity contribution in [2.24, 2.45) is 5.73 Å². The molecule has 0 radical (unpaired) electrons. The fourth-order valence-corrected chi connectivity index (χ4v) is 2.10. The van der Waals surface area contributed by atoms with E-state index in [0.29, 0.717) is 11.5 Å². The van der Waals surface area contributed by atoms with E-state index in [4.69, 9.17) is 5.73 Å². The summed E-state index contributed by atoms with van der Waals surface area (Å²) >= 11 is 0. The monoisotopic (exact) mass is 239 g/mol. The van der Waals surface area contributed by atoms with Gasteiger partial charge in [-0.05, 0) is 34.7 Å². The van der Waals surface area contributed by atoms with Crippen LogP contribution in [-0.4, -0.2) is 5.91 Å². The Labute approximate surface area is 107 Å². The van der Waals surface area contributed by atoms with E-state index in [1.54, 1.807) is 6.07 Å². The molecule has 0 unspecified atom stereocenters. The Morgan fingerprint density at radius 3 is 2.44 bits per heavy atom. The number of benzene rings is 2. The molecule has 0 spiro atoms. The van der Waals surface area contributed by atoms with Crippen molar-refractivity contribution >= 4 is 5.91 Å². The van der Waals surface area contributed by atoms with E-state index in [1.165, 1.54) is 5.56 Å². The molecular weight excluding hydrogens is 222 g/mol. The first kappa shape index (κ1) is 12.4. The van der Waals surface area contributed by atoms with E-state index in [0.717, 1.165) is 11.1 Å². The number of rotatable bonds is 3. The van der Waals surface area contributed by atoms with Crippen LogP contribution in [-0.2, 0) is 0 Å². The van der Waals surface area contributed by atoms with Crippen LogP contribution in [0.5, 0.6) is 0 Å². The second kappa shape index (κ2) is 5.05. The van der Waals surface area contributed by atoms with Gasteiger partial charge in [0.1, 0.15) is 0 Å². The zero-order valence-electron chi connectivity index (χ0n) is 10.7. The molecule has 0 heterocycles. The molecule has 2 heteroatoms. The quantitative estimate of drug-likeness (QED) is 0.874. The van der Waals surface area contributed by atoms with Gasteiger partial charge in [-0.15, -0.1) is 0 Å². The van der Waals surface area contributed by atoms with Crippen LogP contribution in [0, 0.1) is 0 Å². The third-order valence-electron chi connectivity index (χ3n) is 3.04. The minimum Gasteiger partial charge on any atom is -0.366 e. The Balaban J connectivity index is 2.55. The SMILES string of the molecule is CC(C)c1ccccc1-c1cccc(C(N)=O)c1. The van der Waals surface area contributed by atoms with Crippen molar-refractivity contribution in [1.82, 2.24) is 0 Å². The number of hydrogen-bond acceptors (Lipinski definition) is 1. The largest absolute Gasteiger partial charge is 0.366 e. The minimum absolute atomic E-state index is 0.390. The van der Waals surface area contributed by atoms with Crippen LogP contribution >= 0.6 is 0 Å². The van der Waals surface area contributed by atoms with Gasteiger partial charge in [-0.2, -0.15) is 0 Å². The van der Waals surface area contributed by atoms with Crippen LogP contribution in [0.25, 0.3) is 11.1 Å². The van der Waals surface area contributed by atoms with Gasteiger partial charge in [0, 0.05) is 5.56 Å². The summed E-state index contributed by atoms with van der Waals surface area (Å²) < 4.78 is 0. The highest BCUT2D eigenvalue weighted by atomic mass is 16.1. The first-order valence-corrected chi connectivity index (χ1v) is 6.08. The van der Waals surface area contributed by atoms with Crippen molar-refractivity contribution in [3.8, 4) is 11.1 Å². The lowest BCUT2D eigenvalue weighted by Crippen LogP contribution is -2.10. The Morgan fingerprint density at radius 2 is 1.78 bits per heavy atom. The number of carbonyl (C=O) groups is 1. The van der Waals surface area contributed by atoms with Gasteiger partial charge < -0.3 is 5.73 Å². The average Bonchev–Trinajstić information content (AvgIpc) is 2.39. The number of hydrogen-bond donors (Lipinski definition) is 1. The number of primary amides is 1. The topological polar surface area (TPSA) is 43.1 Å². The molecule has 2 nitrogen and oxygen atoms in total. The summed E-state index contributed by atoms with van der Waals surface area (Å²) in [6.45, 7) is 4.33. The molecule has 0 aliphatic rings. The third kappa shape index (κ3) is 2.43. The normalized spacial score (nSPS) is 10.6. The molecule has 0 fully saturated rings. The van der Waals surface area contributed by atoms with Crippen LogP contribution in [0.1, 0.15) is 35.7 Å². The van der Waals surface area contributed by atoms with Gasteiger partial charge >= 0.3 is 0 Å². The molecule has 0 aromatic heterocycles. The third-order valence-corrected chi connectivity index (χ3v) is 3.04. The molecule has 0 saturated heterocycles. The lowest BCUT2D eigenvalue weighted by molar-refractivity contribution is 0.100. The van der Waals surface area contributed by atoms with E-state index in [1.807, 2.05) is 30.3 Å². The van der Waals surface area contributed by atoms with Crippen LogP contribution in [0.15, 0.2) is 48.5 Å². The summed E-state index contributed by atoms with van der Waals surface area (Å²) in [4.78, 5) is 11.2. The predicted octanol–water partition coefficient (Wildman–Crippen LogP) is 3.58. The molecule has 2 N–H and O–H groups in total. The van der Waals surface area contributed by atoms with Gasteiger partial charge in [-0.25, -0.2) is 0 Å². The highest BCUT2D eigenvalue weighted by Gasteiger charge is 2.09. The Kier molecular flexibility index (Phi) is 3.47. The van der Waals surface area contributed by atoms with Crippen molar-refractivity contribution < 1.29 is 4.79 Å². The van der Waals surface area contributed by atoms with Crippen LogP contribution in [0.3, 0.4) is 0 Å². The molecule has 1 amide bonds. The van der Waals surface area contributed by atoms with Crippen LogP contribution in [0.2, 0.25) is 0 Å². The number of nitrogens with two attached hydrogens (primary N) is 1. The highest BCUT2D eigenvalue weighted by molar-refractivity contribution is 5.94. The van der Waals surface area contributed by atoms with Crippen molar-refractivity contribution in [2.45, 2.75) is 19.8 Å². The minimum atomic E-state index is -0.390. The van der Waals surface area contributed by atoms with Gasteiger partial charge in [0.15, 0.2) is 0 Å². The predicted molar refractivity (Wildman–Crippen MR) is 74.5 cm³/mol. The van der Waals surface area contributed by atoms with E-state index >= 15 is 0 Å². The van der Waals surface area contributed by atoms with Crippen molar-refractivity contribution in [3.05, 3.63) is 59.7 Å². The van der Waals surface area contributed by atoms with E-state index in [2.05, 4.69) is 26.0 Å². The molecule has 2 rings (SSSR count). The molecule has 0 saturated carbocycles. The van der Waals surface area contributed by atoms with Crippen molar-refractivity contribution in [3.63, 3.8) is 0 Å². The maximum Gasteiger partial charge on any atom is 0.248 e. The summed E-state index contributed by atoms with van der Waals surface area (Å²) in [6, 6.07) is 15.7. The average molecular weight is 239 g/mol. The van der Waals surface area contributed by atoms with E-state index in [-0.39, 0.29) is 5.91 Å². The molecule has 0 aliphatic heterocycles. The Morgan fingerprint density at radius 1 is 1.06 bits per heavy atom. The molecule has 2 aromatic carbocycles. The van der Waals surface area contributed by atoms with Crippen LogP contribution in [0.4, 0.5) is 0 Å². The molecule has 92 valence electrons. The summed E-state index contributed by atoms with van der Waals surface area (Å²) in [7, 11) is 0. The fourth-order valence-electron chi connectivity index (χ4n) is 2.10. The number of carbonyl (C=O) groups excluding carboxylic acids is 1. The van der Waals surface area contributed by atoms with Gasteiger partial charge in [0.05, 0.1) is 0 Å². The Bertz CT molecular complexity index is 573. The fraction of sp³-hybridized carbons (Fsp3) is 0.188. The van der Waals surface area contributed by atoms with Gasteiger partial charge in [0.2, 0.25) is 5.91 Å². The molecule has 0 atom stereocenters. The van der Waals surface area contributed by atoms with E-state index < -0.39 is 0 Å². The molecule has 2 aromatic rings. The smallest absolute Gasteiger partial charge is 0.248 e. The second-order valence-electron chi connectivity index (χ2n) is 4.69. The maximum atomic E-state index is 11.2. The standard InChI is InChI=1S/C16H17NO/c1-11(2)14-8-3-4-9-15(14)12-6-5-7-13(10-12)16(17)18/h3-11H,1-2H3,(H2,17,18). The summed E-state index contributed by atoms with van der Waals surface area (Å²) in [5, 5.41) is 0. The molecule has 0 aliphatic carbocycles. The molecule has 0 bridgehead atoms. The lowest BCUT2D eigenvalue weighted by Gasteiger charge is -2.13. The zero-order chi connectivity index (χ0) is 13.1.